The molecule has 20 heavy (non-hydrogen) atoms. The van der Waals surface area contributed by atoms with Gasteiger partial charge in [0, 0.05) is 5.02 Å². The monoisotopic (exact) mass is 290 g/mol. The molecule has 0 saturated heterocycles. The normalized spacial score (nSPS) is 10.2. The van der Waals surface area contributed by atoms with Crippen molar-refractivity contribution in [1.82, 2.24) is 10.9 Å². The Morgan fingerprint density at radius 2 is 1.85 bits per heavy atom. The number of nitrogens with one attached hydrogen (secondary N) is 2. The fourth-order valence-electron chi connectivity index (χ4n) is 1.78. The van der Waals surface area contributed by atoms with Crippen molar-refractivity contribution >= 4 is 23.2 Å². The molecule has 5 heteroatoms. The van der Waals surface area contributed by atoms with Gasteiger partial charge in [0.05, 0.1) is 11.3 Å². The predicted molar refractivity (Wildman–Crippen MR) is 79.3 cm³/mol. The van der Waals surface area contributed by atoms with Crippen LogP contribution in [0, 0.1) is 13.8 Å². The van der Waals surface area contributed by atoms with Gasteiger partial charge in [0.15, 0.2) is 0 Å². The molecular weight excluding hydrogens is 276 g/mol. The van der Waals surface area contributed by atoms with Crippen LogP contribution in [-0.2, 0) is 0 Å². The van der Waals surface area contributed by atoms with Gasteiger partial charge in [0.1, 0.15) is 11.5 Å². The van der Waals surface area contributed by atoms with E-state index >= 15 is 0 Å². The maximum absolute atomic E-state index is 12.0. The van der Waals surface area contributed by atoms with E-state index < -0.39 is 0 Å². The lowest BCUT2D eigenvalue weighted by atomic mass is 10.2. The van der Waals surface area contributed by atoms with E-state index in [2.05, 4.69) is 17.4 Å². The molecule has 2 aromatic rings. The highest BCUT2D eigenvalue weighted by molar-refractivity contribution is 6.30. The third kappa shape index (κ3) is 3.22. The van der Waals surface area contributed by atoms with E-state index in [1.54, 1.807) is 32.0 Å². The number of rotatable bonds is 4. The Morgan fingerprint density at radius 1 is 1.20 bits per heavy atom. The van der Waals surface area contributed by atoms with Crippen molar-refractivity contribution in [2.45, 2.75) is 13.8 Å². The van der Waals surface area contributed by atoms with E-state index in [0.717, 1.165) is 5.56 Å². The van der Waals surface area contributed by atoms with Crippen LogP contribution in [0.3, 0.4) is 0 Å². The number of hydrogen-bond donors (Lipinski definition) is 2. The number of hydrogen-bond acceptors (Lipinski definition) is 3. The molecule has 0 aliphatic carbocycles. The van der Waals surface area contributed by atoms with E-state index in [1.807, 2.05) is 12.1 Å². The van der Waals surface area contributed by atoms with Crippen molar-refractivity contribution in [3.05, 3.63) is 64.6 Å². The van der Waals surface area contributed by atoms with Gasteiger partial charge in [0.25, 0.3) is 5.91 Å². The van der Waals surface area contributed by atoms with Gasteiger partial charge in [-0.05, 0) is 37.6 Å². The van der Waals surface area contributed by atoms with Crippen LogP contribution in [0.25, 0.3) is 5.70 Å². The molecule has 0 spiro atoms. The highest BCUT2D eigenvalue weighted by atomic mass is 35.5. The lowest BCUT2D eigenvalue weighted by Gasteiger charge is -2.10. The van der Waals surface area contributed by atoms with Gasteiger partial charge in [-0.1, -0.05) is 30.3 Å². The molecule has 0 fully saturated rings. The van der Waals surface area contributed by atoms with Crippen molar-refractivity contribution < 1.29 is 9.21 Å². The van der Waals surface area contributed by atoms with E-state index in [-0.39, 0.29) is 5.91 Å². The van der Waals surface area contributed by atoms with Crippen LogP contribution >= 0.6 is 11.6 Å². The Morgan fingerprint density at radius 3 is 2.40 bits per heavy atom. The highest BCUT2D eigenvalue weighted by Crippen LogP contribution is 2.15. The molecule has 1 aromatic carbocycles. The maximum Gasteiger partial charge on any atom is 0.273 e. The van der Waals surface area contributed by atoms with Gasteiger partial charge in [-0.15, -0.1) is 0 Å². The number of aryl methyl sites for hydroxylation is 2. The standard InChI is InChI=1S/C15H15ClN2O2/c1-9-8-14(11(3)20-9)15(19)18-17-10(2)12-4-6-13(16)7-5-12/h4-8,17H,2H2,1,3H3,(H,18,19). The van der Waals surface area contributed by atoms with Gasteiger partial charge in [0.2, 0.25) is 0 Å². The molecule has 2 rings (SSSR count). The van der Waals surface area contributed by atoms with Crippen molar-refractivity contribution in [3.8, 4) is 0 Å². The summed E-state index contributed by atoms with van der Waals surface area (Å²) in [4.78, 5) is 12.0. The number of carbonyl (C=O) groups excluding carboxylic acids is 1. The molecule has 4 nitrogen and oxygen atoms in total. The van der Waals surface area contributed by atoms with Crippen molar-refractivity contribution in [3.63, 3.8) is 0 Å². The highest BCUT2D eigenvalue weighted by Gasteiger charge is 2.13. The molecule has 0 saturated carbocycles. The van der Waals surface area contributed by atoms with Crippen LogP contribution in [0.5, 0.6) is 0 Å². The first-order valence-electron chi connectivity index (χ1n) is 6.05. The minimum Gasteiger partial charge on any atom is -0.466 e. The number of furan rings is 1. The third-order valence-electron chi connectivity index (χ3n) is 2.81. The largest absolute Gasteiger partial charge is 0.466 e. The summed E-state index contributed by atoms with van der Waals surface area (Å²) in [6, 6.07) is 8.84. The topological polar surface area (TPSA) is 54.3 Å². The molecule has 0 atom stereocenters. The number of carbonyl (C=O) groups is 1. The van der Waals surface area contributed by atoms with Crippen LogP contribution in [0.2, 0.25) is 5.02 Å². The average Bonchev–Trinajstić information content (AvgIpc) is 2.75. The smallest absolute Gasteiger partial charge is 0.273 e. The third-order valence-corrected chi connectivity index (χ3v) is 3.06. The Balaban J connectivity index is 1.98. The molecule has 1 aromatic heterocycles. The first kappa shape index (κ1) is 14.2. The summed E-state index contributed by atoms with van der Waals surface area (Å²) in [6.45, 7) is 7.40. The van der Waals surface area contributed by atoms with E-state index in [4.69, 9.17) is 16.0 Å². The fraction of sp³-hybridized carbons (Fsp3) is 0.133. The van der Waals surface area contributed by atoms with Crippen molar-refractivity contribution in [2.75, 3.05) is 0 Å². The zero-order valence-corrected chi connectivity index (χ0v) is 12.0. The molecule has 0 aliphatic rings. The second-order valence-corrected chi connectivity index (χ2v) is 4.83. The minimum atomic E-state index is -0.269. The van der Waals surface area contributed by atoms with Gasteiger partial charge in [-0.3, -0.25) is 15.6 Å². The lowest BCUT2D eigenvalue weighted by Crippen LogP contribution is -2.35. The molecule has 104 valence electrons. The van der Waals surface area contributed by atoms with Crippen LogP contribution < -0.4 is 10.9 Å². The molecule has 2 N–H and O–H groups in total. The second-order valence-electron chi connectivity index (χ2n) is 4.39. The van der Waals surface area contributed by atoms with Gasteiger partial charge < -0.3 is 4.42 Å². The van der Waals surface area contributed by atoms with Gasteiger partial charge >= 0.3 is 0 Å². The Hall–Kier alpha value is -2.20. The lowest BCUT2D eigenvalue weighted by molar-refractivity contribution is 0.0941. The van der Waals surface area contributed by atoms with E-state index in [1.165, 1.54) is 0 Å². The van der Waals surface area contributed by atoms with Crippen LogP contribution in [-0.4, -0.2) is 5.91 Å². The van der Waals surface area contributed by atoms with Crippen molar-refractivity contribution in [2.24, 2.45) is 0 Å². The molecule has 1 amide bonds. The van der Waals surface area contributed by atoms with Gasteiger partial charge in [-0.25, -0.2) is 0 Å². The zero-order chi connectivity index (χ0) is 14.7. The number of benzene rings is 1. The summed E-state index contributed by atoms with van der Waals surface area (Å²) in [5, 5.41) is 0.648. The van der Waals surface area contributed by atoms with Crippen LogP contribution in [0.15, 0.2) is 41.3 Å². The molecule has 1 heterocycles. The SMILES string of the molecule is C=C(NNC(=O)c1cc(C)oc1C)c1ccc(Cl)cc1. The number of amides is 1. The molecule has 0 radical (unpaired) electrons. The maximum atomic E-state index is 12.0. The molecule has 0 unspecified atom stereocenters. The molecular formula is C15H15ClN2O2. The first-order valence-corrected chi connectivity index (χ1v) is 6.43. The summed E-state index contributed by atoms with van der Waals surface area (Å²) < 4.78 is 5.31. The quantitative estimate of drug-likeness (QED) is 0.848. The Bertz CT molecular complexity index is 644. The number of hydrazine groups is 1. The van der Waals surface area contributed by atoms with E-state index in [0.29, 0.717) is 27.8 Å². The summed E-state index contributed by atoms with van der Waals surface area (Å²) in [5.41, 5.74) is 7.28. The number of halogens is 1. The van der Waals surface area contributed by atoms with Crippen LogP contribution in [0.1, 0.15) is 27.4 Å². The van der Waals surface area contributed by atoms with E-state index in [9.17, 15) is 4.79 Å². The van der Waals surface area contributed by atoms with Gasteiger partial charge in [-0.2, -0.15) is 0 Å². The molecule has 0 aliphatic heterocycles. The summed E-state index contributed by atoms with van der Waals surface area (Å²) >= 11 is 5.81. The zero-order valence-electron chi connectivity index (χ0n) is 11.3. The van der Waals surface area contributed by atoms with Crippen LogP contribution in [0.4, 0.5) is 0 Å². The minimum absolute atomic E-state index is 0.269. The average molecular weight is 291 g/mol. The molecule has 0 bridgehead atoms. The first-order chi connectivity index (χ1) is 9.47. The summed E-state index contributed by atoms with van der Waals surface area (Å²) in [7, 11) is 0. The Kier molecular flexibility index (Phi) is 4.15. The Labute approximate surface area is 122 Å². The fourth-order valence-corrected chi connectivity index (χ4v) is 1.91. The summed E-state index contributed by atoms with van der Waals surface area (Å²) in [6.07, 6.45) is 0. The summed E-state index contributed by atoms with van der Waals surface area (Å²) in [5.74, 6) is 1.01. The van der Waals surface area contributed by atoms with Crippen molar-refractivity contribution in [1.29, 1.82) is 0 Å². The second kappa shape index (κ2) is 5.84. The predicted octanol–water partition coefficient (Wildman–Crippen LogP) is 3.46.